The Labute approximate surface area is 180 Å². The number of rotatable bonds is 6. The molecule has 164 valence electrons. The fourth-order valence-corrected chi connectivity index (χ4v) is 4.43. The number of carboxylic acids is 1. The molecule has 0 radical (unpaired) electrons. The van der Waals surface area contributed by atoms with Crippen LogP contribution in [0, 0.1) is 0 Å². The van der Waals surface area contributed by atoms with Crippen molar-refractivity contribution in [1.29, 1.82) is 0 Å². The van der Waals surface area contributed by atoms with Gasteiger partial charge in [-0.3, -0.25) is 9.52 Å². The Balaban J connectivity index is 1.75. The van der Waals surface area contributed by atoms with Crippen LogP contribution in [-0.2, 0) is 14.8 Å². The first-order valence-electron chi connectivity index (χ1n) is 9.41. The normalized spacial score (nSPS) is 11.5. The van der Waals surface area contributed by atoms with Crippen molar-refractivity contribution in [2.75, 3.05) is 11.3 Å². The lowest BCUT2D eigenvalue weighted by molar-refractivity contribution is 0.0526. The molecule has 32 heavy (non-hydrogen) atoms. The first kappa shape index (κ1) is 21.1. The number of esters is 1. The zero-order valence-corrected chi connectivity index (χ0v) is 17.4. The zero-order valence-electron chi connectivity index (χ0n) is 16.6. The van der Waals surface area contributed by atoms with Gasteiger partial charge >= 0.3 is 11.9 Å². The van der Waals surface area contributed by atoms with Crippen molar-refractivity contribution in [3.8, 4) is 0 Å². The van der Waals surface area contributed by atoms with Crippen LogP contribution in [-0.4, -0.2) is 42.0 Å². The highest BCUT2D eigenvalue weighted by molar-refractivity contribution is 7.92. The molecule has 4 aromatic rings. The van der Waals surface area contributed by atoms with Crippen LogP contribution < -0.4 is 10.3 Å². The molecule has 0 spiro atoms. The van der Waals surface area contributed by atoms with E-state index >= 15 is 0 Å². The van der Waals surface area contributed by atoms with Gasteiger partial charge in [-0.2, -0.15) is 0 Å². The van der Waals surface area contributed by atoms with E-state index in [2.05, 4.69) is 14.7 Å². The van der Waals surface area contributed by atoms with Gasteiger partial charge in [0.1, 0.15) is 5.52 Å². The summed E-state index contributed by atoms with van der Waals surface area (Å²) in [4.78, 5) is 40.6. The smallest absolute Gasteiger partial charge is 0.338 e. The molecule has 0 amide bonds. The first-order chi connectivity index (χ1) is 15.2. The highest BCUT2D eigenvalue weighted by Crippen LogP contribution is 2.28. The van der Waals surface area contributed by atoms with E-state index in [1.54, 1.807) is 6.92 Å². The molecule has 2 aromatic carbocycles. The zero-order chi connectivity index (χ0) is 23.0. The van der Waals surface area contributed by atoms with Crippen LogP contribution in [0.3, 0.4) is 0 Å². The second-order valence-electron chi connectivity index (χ2n) is 6.82. The van der Waals surface area contributed by atoms with Crippen molar-refractivity contribution < 1.29 is 27.9 Å². The van der Waals surface area contributed by atoms with Crippen molar-refractivity contribution >= 4 is 49.5 Å². The van der Waals surface area contributed by atoms with Gasteiger partial charge < -0.3 is 19.8 Å². The molecule has 11 heteroatoms. The summed E-state index contributed by atoms with van der Waals surface area (Å²) in [6, 6.07) is 9.71. The number of aromatic nitrogens is 2. The molecule has 0 unspecified atom stereocenters. The van der Waals surface area contributed by atoms with Crippen LogP contribution in [0.2, 0.25) is 0 Å². The average Bonchev–Trinajstić information content (AvgIpc) is 3.20. The Bertz CT molecular complexity index is 1530. The number of carbonyl (C=O) groups is 2. The fourth-order valence-electron chi connectivity index (χ4n) is 3.34. The second kappa shape index (κ2) is 7.85. The number of sulfonamides is 1. The number of nitrogens with one attached hydrogen (secondary N) is 3. The number of anilines is 1. The number of aromatic amines is 2. The molecule has 0 fully saturated rings. The van der Waals surface area contributed by atoms with E-state index in [0.717, 1.165) is 0 Å². The van der Waals surface area contributed by atoms with Crippen molar-refractivity contribution in [2.45, 2.75) is 11.8 Å². The highest BCUT2D eigenvalue weighted by atomic mass is 32.2. The molecule has 4 rings (SSSR count). The lowest BCUT2D eigenvalue weighted by atomic mass is 10.1. The number of aromatic carboxylic acids is 1. The Kier molecular flexibility index (Phi) is 5.18. The van der Waals surface area contributed by atoms with E-state index in [-0.39, 0.29) is 44.6 Å². The van der Waals surface area contributed by atoms with Gasteiger partial charge in [0.2, 0.25) is 0 Å². The van der Waals surface area contributed by atoms with Crippen molar-refractivity contribution in [3.05, 3.63) is 70.1 Å². The van der Waals surface area contributed by atoms with Crippen LogP contribution in [0.15, 0.2) is 58.4 Å². The topological polar surface area (TPSA) is 158 Å². The first-order valence-corrected chi connectivity index (χ1v) is 10.9. The standard InChI is InChI=1S/C21H17N3O7S/c1-2-31-21(28)11-3-5-12(6-4-11)24-32(29,30)13-7-8-16-14(9-13)17-15(20(26)27)10-22-18(17)19(25)23-16/h3-10,22,24H,2H2,1H3,(H,23,25)(H,26,27). The second-order valence-corrected chi connectivity index (χ2v) is 8.50. The largest absolute Gasteiger partial charge is 0.478 e. The van der Waals surface area contributed by atoms with Gasteiger partial charge in [-0.05, 0) is 49.4 Å². The molecule has 0 aliphatic rings. The maximum Gasteiger partial charge on any atom is 0.338 e. The van der Waals surface area contributed by atoms with Crippen LogP contribution in [0.5, 0.6) is 0 Å². The summed E-state index contributed by atoms with van der Waals surface area (Å²) in [6.07, 6.45) is 1.19. The number of carboxylic acid groups (broad SMARTS) is 1. The minimum absolute atomic E-state index is 0.0342. The van der Waals surface area contributed by atoms with Gasteiger partial charge in [-0.25, -0.2) is 18.0 Å². The van der Waals surface area contributed by atoms with Crippen LogP contribution in [0.4, 0.5) is 5.69 Å². The summed E-state index contributed by atoms with van der Waals surface area (Å²) >= 11 is 0. The molecule has 0 aliphatic heterocycles. The van der Waals surface area contributed by atoms with Gasteiger partial charge in [-0.15, -0.1) is 0 Å². The number of ether oxygens (including phenoxy) is 1. The molecule has 2 heterocycles. The molecule has 0 saturated heterocycles. The molecule has 0 saturated carbocycles. The minimum Gasteiger partial charge on any atom is -0.478 e. The molecule has 2 aromatic heterocycles. The van der Waals surface area contributed by atoms with Crippen molar-refractivity contribution in [3.63, 3.8) is 0 Å². The predicted octanol–water partition coefficient (Wildman–Crippen LogP) is 2.69. The molecule has 0 bridgehead atoms. The molecule has 0 atom stereocenters. The van der Waals surface area contributed by atoms with Crippen molar-refractivity contribution in [2.24, 2.45) is 0 Å². The Morgan fingerprint density at radius 2 is 1.84 bits per heavy atom. The molecular formula is C21H17N3O7S. The van der Waals surface area contributed by atoms with E-state index in [0.29, 0.717) is 5.52 Å². The van der Waals surface area contributed by atoms with E-state index in [1.165, 1.54) is 48.7 Å². The lowest BCUT2D eigenvalue weighted by Gasteiger charge is -2.10. The fraction of sp³-hybridized carbons (Fsp3) is 0.0952. The minimum atomic E-state index is -4.06. The van der Waals surface area contributed by atoms with E-state index in [4.69, 9.17) is 4.74 Å². The maximum atomic E-state index is 12.9. The summed E-state index contributed by atoms with van der Waals surface area (Å²) in [6.45, 7) is 1.90. The SMILES string of the molecule is CCOC(=O)c1ccc(NS(=O)(=O)c2ccc3[nH]c(=O)c4[nH]cc(C(=O)O)c4c3c2)cc1. The summed E-state index contributed by atoms with van der Waals surface area (Å²) in [5, 5.41) is 9.83. The Morgan fingerprint density at radius 1 is 1.12 bits per heavy atom. The van der Waals surface area contributed by atoms with Crippen LogP contribution >= 0.6 is 0 Å². The predicted molar refractivity (Wildman–Crippen MR) is 117 cm³/mol. The summed E-state index contributed by atoms with van der Waals surface area (Å²) in [5.41, 5.74) is 0.163. The van der Waals surface area contributed by atoms with E-state index in [9.17, 15) is 27.9 Å². The van der Waals surface area contributed by atoms with E-state index in [1.807, 2.05) is 0 Å². The van der Waals surface area contributed by atoms with Gasteiger partial charge in [0.25, 0.3) is 15.6 Å². The molecule has 4 N–H and O–H groups in total. The third-order valence-electron chi connectivity index (χ3n) is 4.80. The van der Waals surface area contributed by atoms with Gasteiger partial charge in [-0.1, -0.05) is 0 Å². The Morgan fingerprint density at radius 3 is 2.50 bits per heavy atom. The summed E-state index contributed by atoms with van der Waals surface area (Å²) in [7, 11) is -4.06. The quantitative estimate of drug-likeness (QED) is 0.325. The monoisotopic (exact) mass is 455 g/mol. The number of hydrogen-bond acceptors (Lipinski definition) is 6. The third kappa shape index (κ3) is 3.69. The van der Waals surface area contributed by atoms with E-state index < -0.39 is 27.5 Å². The highest BCUT2D eigenvalue weighted by Gasteiger charge is 2.20. The lowest BCUT2D eigenvalue weighted by Crippen LogP contribution is -2.14. The van der Waals surface area contributed by atoms with Crippen molar-refractivity contribution in [1.82, 2.24) is 9.97 Å². The molecule has 0 aliphatic carbocycles. The number of hydrogen-bond donors (Lipinski definition) is 4. The van der Waals surface area contributed by atoms with Crippen LogP contribution in [0.25, 0.3) is 21.8 Å². The summed E-state index contributed by atoms with van der Waals surface area (Å²) < 4.78 is 33.2. The number of H-pyrrole nitrogens is 2. The van der Waals surface area contributed by atoms with Gasteiger partial charge in [0.05, 0.1) is 22.6 Å². The molecular weight excluding hydrogens is 438 g/mol. The number of pyridine rings is 1. The van der Waals surface area contributed by atoms with Gasteiger partial charge in [0.15, 0.2) is 0 Å². The van der Waals surface area contributed by atoms with Gasteiger partial charge in [0, 0.05) is 28.2 Å². The average molecular weight is 455 g/mol. The number of fused-ring (bicyclic) bond motifs is 3. The number of benzene rings is 2. The maximum absolute atomic E-state index is 12.9. The molecule has 10 nitrogen and oxygen atoms in total. The summed E-state index contributed by atoms with van der Waals surface area (Å²) in [5.74, 6) is -1.77. The van der Waals surface area contributed by atoms with Crippen LogP contribution in [0.1, 0.15) is 27.6 Å². The number of carbonyl (C=O) groups excluding carboxylic acids is 1. The Hall–Kier alpha value is -4.12. The third-order valence-corrected chi connectivity index (χ3v) is 6.18.